The van der Waals surface area contributed by atoms with Gasteiger partial charge in [-0.25, -0.2) is 4.98 Å². The van der Waals surface area contributed by atoms with E-state index in [1.54, 1.807) is 4.57 Å². The Hall–Kier alpha value is -1.32. The van der Waals surface area contributed by atoms with Crippen LogP contribution in [0.15, 0.2) is 6.20 Å². The second-order valence-corrected chi connectivity index (χ2v) is 4.47. The Balaban J connectivity index is 2.99. The molecule has 1 heterocycles. The van der Waals surface area contributed by atoms with Crippen LogP contribution in [0, 0.1) is 0 Å². The van der Waals surface area contributed by atoms with Crippen molar-refractivity contribution in [2.24, 2.45) is 7.05 Å². The minimum absolute atomic E-state index is 0.0213. The van der Waals surface area contributed by atoms with E-state index in [0.717, 1.165) is 5.69 Å². The Morgan fingerprint density at radius 3 is 2.50 bits per heavy atom. The Morgan fingerprint density at radius 2 is 2.14 bits per heavy atom. The molecule has 0 aliphatic heterocycles. The second-order valence-electron chi connectivity index (χ2n) is 4.47. The Labute approximate surface area is 83.6 Å². The number of carboxylic acid groups (broad SMARTS) is 1. The van der Waals surface area contributed by atoms with Gasteiger partial charge in [0, 0.05) is 18.7 Å². The zero-order chi connectivity index (χ0) is 10.9. The molecule has 1 aromatic heterocycles. The lowest BCUT2D eigenvalue weighted by Crippen LogP contribution is -2.12. The molecule has 0 aromatic carbocycles. The zero-order valence-electron chi connectivity index (χ0n) is 9.03. The fraction of sp³-hybridized carbons (Fsp3) is 0.600. The molecule has 1 N–H and O–H groups in total. The van der Waals surface area contributed by atoms with Gasteiger partial charge in [-0.2, -0.15) is 0 Å². The molecule has 0 saturated heterocycles. The van der Waals surface area contributed by atoms with Crippen LogP contribution in [0.5, 0.6) is 0 Å². The van der Waals surface area contributed by atoms with Gasteiger partial charge in [0.15, 0.2) is 0 Å². The predicted octanol–water partition coefficient (Wildman–Crippen LogP) is 1.34. The number of carboxylic acids is 1. The van der Waals surface area contributed by atoms with Crippen LogP contribution in [-0.2, 0) is 23.7 Å². The number of nitrogens with zero attached hydrogens (tertiary/aromatic N) is 2. The number of aromatic nitrogens is 2. The number of aryl methyl sites for hydroxylation is 1. The van der Waals surface area contributed by atoms with Gasteiger partial charge in [-0.05, 0) is 0 Å². The predicted molar refractivity (Wildman–Crippen MR) is 53.2 cm³/mol. The van der Waals surface area contributed by atoms with Crippen molar-refractivity contribution >= 4 is 5.97 Å². The summed E-state index contributed by atoms with van der Waals surface area (Å²) in [7, 11) is 1.82. The summed E-state index contributed by atoms with van der Waals surface area (Å²) in [4.78, 5) is 14.8. The van der Waals surface area contributed by atoms with Gasteiger partial charge >= 0.3 is 5.97 Å². The average Bonchev–Trinajstić information content (AvgIpc) is 2.30. The standard InChI is InChI=1S/C10H16N2O2/c1-10(2,3)7-6-12(4)8(11-7)5-9(13)14/h6H,5H2,1-4H3,(H,13,14). The summed E-state index contributed by atoms with van der Waals surface area (Å²) in [5.74, 6) is -0.249. The number of imidazole rings is 1. The van der Waals surface area contributed by atoms with Crippen molar-refractivity contribution in [3.8, 4) is 0 Å². The normalized spacial score (nSPS) is 11.7. The quantitative estimate of drug-likeness (QED) is 0.776. The van der Waals surface area contributed by atoms with E-state index in [1.807, 2.05) is 13.2 Å². The molecule has 0 unspecified atom stereocenters. The van der Waals surface area contributed by atoms with E-state index in [-0.39, 0.29) is 11.8 Å². The van der Waals surface area contributed by atoms with E-state index < -0.39 is 5.97 Å². The van der Waals surface area contributed by atoms with Crippen molar-refractivity contribution in [1.29, 1.82) is 0 Å². The van der Waals surface area contributed by atoms with Crippen LogP contribution in [0.1, 0.15) is 32.3 Å². The second kappa shape index (κ2) is 3.44. The first-order chi connectivity index (χ1) is 6.30. The molecule has 0 amide bonds. The third-order valence-electron chi connectivity index (χ3n) is 2.05. The monoisotopic (exact) mass is 196 g/mol. The molecule has 0 atom stereocenters. The lowest BCUT2D eigenvalue weighted by atomic mass is 9.93. The lowest BCUT2D eigenvalue weighted by Gasteiger charge is -2.13. The van der Waals surface area contributed by atoms with E-state index >= 15 is 0 Å². The van der Waals surface area contributed by atoms with Gasteiger partial charge in [-0.15, -0.1) is 0 Å². The first-order valence-corrected chi connectivity index (χ1v) is 4.55. The Morgan fingerprint density at radius 1 is 1.57 bits per heavy atom. The Bertz CT molecular complexity index is 347. The van der Waals surface area contributed by atoms with Gasteiger partial charge in [0.25, 0.3) is 0 Å². The number of rotatable bonds is 2. The molecule has 14 heavy (non-hydrogen) atoms. The third-order valence-corrected chi connectivity index (χ3v) is 2.05. The van der Waals surface area contributed by atoms with E-state index in [1.165, 1.54) is 0 Å². The van der Waals surface area contributed by atoms with E-state index in [2.05, 4.69) is 25.8 Å². The topological polar surface area (TPSA) is 55.1 Å². The fourth-order valence-corrected chi connectivity index (χ4v) is 1.17. The number of aliphatic carboxylic acids is 1. The van der Waals surface area contributed by atoms with Gasteiger partial charge < -0.3 is 9.67 Å². The summed E-state index contributed by atoms with van der Waals surface area (Å²) >= 11 is 0. The van der Waals surface area contributed by atoms with Gasteiger partial charge in [-0.3, -0.25) is 4.79 Å². The molecule has 0 spiro atoms. The van der Waals surface area contributed by atoms with Gasteiger partial charge in [0.05, 0.1) is 5.69 Å². The highest BCUT2D eigenvalue weighted by atomic mass is 16.4. The maximum absolute atomic E-state index is 10.5. The molecule has 78 valence electrons. The maximum Gasteiger partial charge on any atom is 0.311 e. The van der Waals surface area contributed by atoms with Crippen molar-refractivity contribution in [3.05, 3.63) is 17.7 Å². The largest absolute Gasteiger partial charge is 0.481 e. The number of carbonyl (C=O) groups is 1. The molecular formula is C10H16N2O2. The molecule has 4 nitrogen and oxygen atoms in total. The van der Waals surface area contributed by atoms with Crippen molar-refractivity contribution < 1.29 is 9.90 Å². The molecule has 0 saturated carbocycles. The molecular weight excluding hydrogens is 180 g/mol. The van der Waals surface area contributed by atoms with Gasteiger partial charge in [0.1, 0.15) is 12.2 Å². The molecule has 1 aromatic rings. The summed E-state index contributed by atoms with van der Waals surface area (Å²) in [5, 5.41) is 8.65. The smallest absolute Gasteiger partial charge is 0.311 e. The summed E-state index contributed by atoms with van der Waals surface area (Å²) in [6.07, 6.45) is 1.87. The summed E-state index contributed by atoms with van der Waals surface area (Å²) in [6.45, 7) is 6.17. The first kappa shape index (κ1) is 10.8. The molecule has 4 heteroatoms. The SMILES string of the molecule is Cn1cc(C(C)(C)C)nc1CC(=O)O. The molecule has 1 rings (SSSR count). The molecule has 0 fully saturated rings. The molecule has 0 bridgehead atoms. The van der Waals surface area contributed by atoms with Crippen LogP contribution in [0.25, 0.3) is 0 Å². The number of hydrogen-bond donors (Lipinski definition) is 1. The summed E-state index contributed by atoms with van der Waals surface area (Å²) < 4.78 is 1.77. The summed E-state index contributed by atoms with van der Waals surface area (Å²) in [5.41, 5.74) is 0.894. The van der Waals surface area contributed by atoms with Crippen LogP contribution in [-0.4, -0.2) is 20.6 Å². The fourth-order valence-electron chi connectivity index (χ4n) is 1.17. The maximum atomic E-state index is 10.5. The van der Waals surface area contributed by atoms with E-state index in [9.17, 15) is 4.79 Å². The lowest BCUT2D eigenvalue weighted by molar-refractivity contribution is -0.136. The number of hydrogen-bond acceptors (Lipinski definition) is 2. The highest BCUT2D eigenvalue weighted by molar-refractivity contribution is 5.69. The molecule has 0 aliphatic carbocycles. The highest BCUT2D eigenvalue weighted by Gasteiger charge is 2.19. The van der Waals surface area contributed by atoms with Crippen molar-refractivity contribution in [2.45, 2.75) is 32.6 Å². The van der Waals surface area contributed by atoms with Crippen molar-refractivity contribution in [3.63, 3.8) is 0 Å². The van der Waals surface area contributed by atoms with Gasteiger partial charge in [0.2, 0.25) is 0 Å². The minimum atomic E-state index is -0.848. The summed E-state index contributed by atoms with van der Waals surface area (Å²) in [6, 6.07) is 0. The first-order valence-electron chi connectivity index (χ1n) is 4.55. The van der Waals surface area contributed by atoms with Crippen LogP contribution in [0.2, 0.25) is 0 Å². The van der Waals surface area contributed by atoms with Gasteiger partial charge in [-0.1, -0.05) is 20.8 Å². The average molecular weight is 196 g/mol. The molecule has 0 radical (unpaired) electrons. The van der Waals surface area contributed by atoms with Crippen LogP contribution in [0.3, 0.4) is 0 Å². The van der Waals surface area contributed by atoms with E-state index in [4.69, 9.17) is 5.11 Å². The van der Waals surface area contributed by atoms with Crippen LogP contribution >= 0.6 is 0 Å². The zero-order valence-corrected chi connectivity index (χ0v) is 9.03. The third kappa shape index (κ3) is 2.34. The molecule has 0 aliphatic rings. The Kier molecular flexibility index (Phi) is 2.64. The van der Waals surface area contributed by atoms with Crippen molar-refractivity contribution in [1.82, 2.24) is 9.55 Å². The van der Waals surface area contributed by atoms with Crippen molar-refractivity contribution in [2.75, 3.05) is 0 Å². The van der Waals surface area contributed by atoms with Crippen LogP contribution in [0.4, 0.5) is 0 Å². The minimum Gasteiger partial charge on any atom is -0.481 e. The highest BCUT2D eigenvalue weighted by Crippen LogP contribution is 2.20. The van der Waals surface area contributed by atoms with Crippen LogP contribution < -0.4 is 0 Å². The van der Waals surface area contributed by atoms with E-state index in [0.29, 0.717) is 5.82 Å².